The van der Waals surface area contributed by atoms with Crippen molar-refractivity contribution in [2.45, 2.75) is 0 Å². The Morgan fingerprint density at radius 1 is 1.22 bits per heavy atom. The molecule has 0 unspecified atom stereocenters. The molecule has 0 aliphatic carbocycles. The van der Waals surface area contributed by atoms with Gasteiger partial charge < -0.3 is 0 Å². The zero-order valence-electron chi connectivity index (χ0n) is 3.91. The van der Waals surface area contributed by atoms with Crippen LogP contribution in [0.1, 0.15) is 0 Å². The van der Waals surface area contributed by atoms with Crippen molar-refractivity contribution in [3.8, 4) is 6.57 Å². The summed E-state index contributed by atoms with van der Waals surface area (Å²) in [6.07, 6.45) is 0. The minimum absolute atomic E-state index is 0. The van der Waals surface area contributed by atoms with E-state index in [2.05, 4.69) is 6.57 Å². The summed E-state index contributed by atoms with van der Waals surface area (Å²) in [4.78, 5) is 0. The van der Waals surface area contributed by atoms with Crippen LogP contribution < -0.4 is 0 Å². The summed E-state index contributed by atoms with van der Waals surface area (Å²) in [6, 6.07) is 0. The summed E-state index contributed by atoms with van der Waals surface area (Å²) in [7, 11) is 0. The van der Waals surface area contributed by atoms with Crippen molar-refractivity contribution in [2.24, 2.45) is 0 Å². The van der Waals surface area contributed by atoms with E-state index in [-0.39, 0.29) is 21.8 Å². The number of nitrogens with zero attached hydrogens (tertiary/aromatic N) is 1. The number of nitriles is 1. The number of hydrogen-bond acceptors (Lipinski definition) is 3. The molecule has 8 heteroatoms. The van der Waals surface area contributed by atoms with Crippen molar-refractivity contribution in [1.82, 2.24) is 0 Å². The second-order valence-electron chi connectivity index (χ2n) is 0.448. The maximum absolute atomic E-state index is 8.82. The number of hydrogen-bond donors (Lipinski definition) is 2. The monoisotopic (exact) mass is 221 g/mol. The van der Waals surface area contributed by atoms with Crippen LogP contribution in [0, 0.1) is 11.8 Å². The van der Waals surface area contributed by atoms with Gasteiger partial charge in [-0.3, -0.25) is 4.70 Å². The topological polar surface area (TPSA) is 98.4 Å². The first-order chi connectivity index (χ1) is 3.00. The SMILES string of the molecule is C#N.F.[Fe].[O]=[Cr](=[O])([OH])[OH]. The molecule has 0 aromatic rings. The molecular formula is CH4CrFFeNO4. The van der Waals surface area contributed by atoms with E-state index in [1.54, 1.807) is 0 Å². The summed E-state index contributed by atoms with van der Waals surface area (Å²) in [5, 5.41) is 6.50. The molecule has 2 N–H and O–H groups in total. The third-order valence-corrected chi connectivity index (χ3v) is 0. The molecule has 0 radical (unpaired) electrons. The zero-order chi connectivity index (χ0) is 6.50. The zero-order valence-corrected chi connectivity index (χ0v) is 6.28. The van der Waals surface area contributed by atoms with Gasteiger partial charge in [-0.25, -0.2) is 5.26 Å². The van der Waals surface area contributed by atoms with Crippen LogP contribution >= 0.6 is 0 Å². The van der Waals surface area contributed by atoms with Gasteiger partial charge in [-0.2, -0.15) is 0 Å². The fourth-order valence-electron chi connectivity index (χ4n) is 0. The van der Waals surface area contributed by atoms with E-state index in [4.69, 9.17) is 21.2 Å². The molecule has 58 valence electrons. The third kappa shape index (κ3) is 4430000. The third-order valence-electron chi connectivity index (χ3n) is 0. The van der Waals surface area contributed by atoms with Crippen LogP contribution in [0.15, 0.2) is 0 Å². The number of halogens is 1. The van der Waals surface area contributed by atoms with Gasteiger partial charge in [0.15, 0.2) is 0 Å². The molecule has 9 heavy (non-hydrogen) atoms. The molecule has 0 aliphatic rings. The van der Waals surface area contributed by atoms with Crippen molar-refractivity contribution < 1.29 is 51.3 Å². The maximum atomic E-state index is 8.82. The van der Waals surface area contributed by atoms with Gasteiger partial charge in [0.05, 0.1) is 0 Å². The predicted octanol–water partition coefficient (Wildman–Crippen LogP) is -1.06. The fourth-order valence-corrected chi connectivity index (χ4v) is 0. The van der Waals surface area contributed by atoms with E-state index in [0.29, 0.717) is 0 Å². The molecule has 0 aromatic carbocycles. The normalized spacial score (nSPS) is 6.67. The van der Waals surface area contributed by atoms with E-state index < -0.39 is 13.6 Å². The van der Waals surface area contributed by atoms with Gasteiger partial charge in [0, 0.05) is 23.6 Å². The van der Waals surface area contributed by atoms with Gasteiger partial charge in [0.1, 0.15) is 0 Å². The average molecular weight is 221 g/mol. The molecule has 5 nitrogen and oxygen atoms in total. The number of rotatable bonds is 0. The van der Waals surface area contributed by atoms with Gasteiger partial charge in [0.25, 0.3) is 0 Å². The fraction of sp³-hybridized carbons (Fsp3) is 0. The van der Waals surface area contributed by atoms with E-state index in [9.17, 15) is 0 Å². The van der Waals surface area contributed by atoms with E-state index >= 15 is 0 Å². The van der Waals surface area contributed by atoms with E-state index in [0.717, 1.165) is 0 Å². The Hall–Kier alpha value is -0.00805. The minimum atomic E-state index is -5.25. The second kappa shape index (κ2) is 10.9. The van der Waals surface area contributed by atoms with Crippen LogP contribution in [0.25, 0.3) is 0 Å². The van der Waals surface area contributed by atoms with Crippen LogP contribution in [-0.2, 0) is 38.3 Å². The molecule has 0 amide bonds. The molecular weight excluding hydrogens is 217 g/mol. The van der Waals surface area contributed by atoms with Crippen LogP contribution in [0.5, 0.6) is 0 Å². The second-order valence-corrected chi connectivity index (χ2v) is 1.85. The Bertz CT molecular complexity index is 132. The van der Waals surface area contributed by atoms with E-state index in [1.165, 1.54) is 0 Å². The van der Waals surface area contributed by atoms with Crippen molar-refractivity contribution in [2.75, 3.05) is 0 Å². The molecule has 0 saturated carbocycles. The molecule has 0 atom stereocenters. The summed E-state index contributed by atoms with van der Waals surface area (Å²) in [5.74, 6) is 0. The Labute approximate surface area is 63.5 Å². The Balaban J connectivity index is -0.0000000286. The van der Waals surface area contributed by atoms with Gasteiger partial charge in [-0.1, -0.05) is 0 Å². The Morgan fingerprint density at radius 3 is 1.22 bits per heavy atom. The van der Waals surface area contributed by atoms with Gasteiger partial charge in [0.2, 0.25) is 0 Å². The molecule has 0 aromatic heterocycles. The van der Waals surface area contributed by atoms with E-state index in [1.807, 2.05) is 0 Å². The Kier molecular flexibility index (Phi) is 27.9. The van der Waals surface area contributed by atoms with Crippen molar-refractivity contribution in [3.63, 3.8) is 0 Å². The predicted molar refractivity (Wildman–Crippen MR) is 15.0 cm³/mol. The molecule has 0 fully saturated rings. The standard InChI is InChI=1S/CHN.Cr.FH.Fe.2H2O.2O/c1-2;;;;;;;/h1H;;1H;;2*1H2;;/q;+2;;;;;;/p-2. The van der Waals surface area contributed by atoms with Gasteiger partial charge >= 0.3 is 29.5 Å². The summed E-state index contributed by atoms with van der Waals surface area (Å²) >= 11 is -5.25. The van der Waals surface area contributed by atoms with Crippen LogP contribution in [0.4, 0.5) is 4.70 Å². The summed E-state index contributed by atoms with van der Waals surface area (Å²) in [6.45, 7) is 3.50. The van der Waals surface area contributed by atoms with Crippen molar-refractivity contribution in [3.05, 3.63) is 0 Å². The first kappa shape index (κ1) is 23.0. The molecule has 0 rings (SSSR count). The molecule has 0 spiro atoms. The van der Waals surface area contributed by atoms with Crippen molar-refractivity contribution in [1.29, 1.82) is 5.26 Å². The first-order valence-electron chi connectivity index (χ1n) is 0.957. The van der Waals surface area contributed by atoms with Gasteiger partial charge in [-0.05, 0) is 0 Å². The summed E-state index contributed by atoms with van der Waals surface area (Å²) in [5.41, 5.74) is 0. The van der Waals surface area contributed by atoms with Crippen LogP contribution in [-0.4, -0.2) is 8.32 Å². The quantitative estimate of drug-likeness (QED) is 0.507. The first-order valence-corrected chi connectivity index (χ1v) is 3.14. The molecule has 0 heterocycles. The molecule has 0 saturated heterocycles. The average Bonchev–Trinajstić information content (AvgIpc) is 1.36. The van der Waals surface area contributed by atoms with Gasteiger partial charge in [-0.15, -0.1) is 0 Å². The van der Waals surface area contributed by atoms with Crippen LogP contribution in [0.2, 0.25) is 0 Å². The summed E-state index contributed by atoms with van der Waals surface area (Å²) < 4.78 is 31.9. The van der Waals surface area contributed by atoms with Crippen molar-refractivity contribution >= 4 is 0 Å². The molecule has 0 aliphatic heterocycles. The van der Waals surface area contributed by atoms with Crippen LogP contribution in [0.3, 0.4) is 0 Å². The molecule has 0 bridgehead atoms. The Morgan fingerprint density at radius 2 is 1.22 bits per heavy atom.